The fourth-order valence-electron chi connectivity index (χ4n) is 4.81. The van der Waals surface area contributed by atoms with E-state index in [0.29, 0.717) is 31.3 Å². The Kier molecular flexibility index (Phi) is 7.04. The summed E-state index contributed by atoms with van der Waals surface area (Å²) in [4.78, 5) is 17.6. The molecule has 1 amide bonds. The van der Waals surface area contributed by atoms with Crippen LogP contribution in [0.3, 0.4) is 0 Å². The van der Waals surface area contributed by atoms with E-state index in [1.54, 1.807) is 0 Å². The van der Waals surface area contributed by atoms with Crippen LogP contribution in [0.4, 0.5) is 17.6 Å². The lowest BCUT2D eigenvalue weighted by Crippen LogP contribution is -2.59. The van der Waals surface area contributed by atoms with Crippen LogP contribution in [0.15, 0.2) is 46.3 Å². The van der Waals surface area contributed by atoms with Crippen molar-refractivity contribution in [3.63, 3.8) is 0 Å². The minimum atomic E-state index is -4.54. The molecular weight excluding hydrogens is 478 g/mol. The van der Waals surface area contributed by atoms with Crippen molar-refractivity contribution >= 4 is 11.6 Å². The van der Waals surface area contributed by atoms with Gasteiger partial charge in [0.05, 0.1) is 35.6 Å². The molecule has 0 saturated heterocycles. The third-order valence-corrected chi connectivity index (χ3v) is 6.52. The summed E-state index contributed by atoms with van der Waals surface area (Å²) in [5.41, 5.74) is 6.22. The maximum Gasteiger partial charge on any atom is 0.431 e. The van der Waals surface area contributed by atoms with E-state index >= 15 is 0 Å². The van der Waals surface area contributed by atoms with Crippen LogP contribution in [0.2, 0.25) is 0 Å². The average molecular weight is 506 g/mol. The summed E-state index contributed by atoms with van der Waals surface area (Å²) in [6.07, 6.45) is 3.76. The second-order valence-electron chi connectivity index (χ2n) is 9.37. The largest absolute Gasteiger partial charge is 0.431 e. The van der Waals surface area contributed by atoms with E-state index < -0.39 is 42.2 Å². The van der Waals surface area contributed by atoms with Gasteiger partial charge < -0.3 is 16.4 Å². The van der Waals surface area contributed by atoms with Crippen LogP contribution in [0.25, 0.3) is 0 Å². The molecule has 4 rings (SSSR count). The van der Waals surface area contributed by atoms with E-state index in [0.717, 1.165) is 11.6 Å². The van der Waals surface area contributed by atoms with Crippen molar-refractivity contribution in [1.82, 2.24) is 20.4 Å². The van der Waals surface area contributed by atoms with E-state index in [2.05, 4.69) is 20.7 Å². The molecule has 1 aliphatic heterocycles. The molecule has 8 nitrogen and oxygen atoms in total. The molecule has 0 spiro atoms. The molecule has 36 heavy (non-hydrogen) atoms. The first-order valence-electron chi connectivity index (χ1n) is 11.7. The second-order valence-corrected chi connectivity index (χ2v) is 9.37. The van der Waals surface area contributed by atoms with E-state index in [1.165, 1.54) is 10.9 Å². The number of nitriles is 1. The van der Waals surface area contributed by atoms with E-state index in [4.69, 9.17) is 5.73 Å². The van der Waals surface area contributed by atoms with Gasteiger partial charge in [-0.1, -0.05) is 17.7 Å². The molecule has 3 aliphatic rings. The first-order chi connectivity index (χ1) is 17.0. The number of rotatable bonds is 5. The Balaban J connectivity index is 1.57. The van der Waals surface area contributed by atoms with Crippen molar-refractivity contribution in [2.24, 2.45) is 10.7 Å². The molecular formula is C24H27F4N7O. The second kappa shape index (κ2) is 9.89. The molecule has 0 bridgehead atoms. The van der Waals surface area contributed by atoms with Gasteiger partial charge in [0.25, 0.3) is 5.91 Å². The number of carbonyl (C=O) groups excluding carboxylic acids is 1. The number of aromatic nitrogens is 2. The van der Waals surface area contributed by atoms with Crippen LogP contribution in [0, 0.1) is 11.3 Å². The third kappa shape index (κ3) is 5.51. The number of aryl methyl sites for hydroxylation is 1. The molecule has 0 radical (unpaired) electrons. The van der Waals surface area contributed by atoms with Gasteiger partial charge in [-0.25, -0.2) is 4.39 Å². The number of alkyl halides is 4. The van der Waals surface area contributed by atoms with Crippen molar-refractivity contribution in [1.29, 1.82) is 5.26 Å². The van der Waals surface area contributed by atoms with Gasteiger partial charge in [-0.05, 0) is 38.7 Å². The van der Waals surface area contributed by atoms with Crippen LogP contribution in [0.5, 0.6) is 0 Å². The first kappa shape index (κ1) is 25.6. The maximum absolute atomic E-state index is 13.5. The highest BCUT2D eigenvalue weighted by atomic mass is 19.4. The fraction of sp³-hybridized carbons (Fsp3) is 0.500. The van der Waals surface area contributed by atoms with E-state index in [-0.39, 0.29) is 29.9 Å². The smallest absolute Gasteiger partial charge is 0.374 e. The highest BCUT2D eigenvalue weighted by Gasteiger charge is 2.40. The zero-order valence-corrected chi connectivity index (χ0v) is 19.7. The number of amides is 1. The number of aliphatic imine (C=N–C) groups is 1. The number of hydrogen-bond acceptors (Lipinski definition) is 6. The third-order valence-electron chi connectivity index (χ3n) is 6.52. The van der Waals surface area contributed by atoms with Gasteiger partial charge in [-0.15, -0.1) is 0 Å². The summed E-state index contributed by atoms with van der Waals surface area (Å²) >= 11 is 0. The maximum atomic E-state index is 13.5. The SMILES string of the molecule is CC1=CCC2NC(C(F)(F)F)=CC(=N[C@H]3CCCC(N)(NC(=O)c4cn(CCF)nc4C#N)C3)C2=C1. The number of halogens is 4. The Bertz CT molecular complexity index is 1200. The highest BCUT2D eigenvalue weighted by Crippen LogP contribution is 2.33. The summed E-state index contributed by atoms with van der Waals surface area (Å²) in [5, 5.41) is 18.5. The predicted octanol–water partition coefficient (Wildman–Crippen LogP) is 3.19. The minimum absolute atomic E-state index is 0.0159. The standard InChI is InChI=1S/C24H27F4N7O/c1-14-4-5-18-16(9-14)19(10-21(32-18)24(26,27)28)31-15-3-2-6-23(30,11-15)33-22(36)17-13-35(8-7-25)34-20(17)12-29/h4,9-10,13,15,18,32H,2-3,5-8,11,30H2,1H3,(H,33,36)/t15-,18?,23?/m0/s1. The summed E-state index contributed by atoms with van der Waals surface area (Å²) in [6.45, 7) is 1.09. The summed E-state index contributed by atoms with van der Waals surface area (Å²) in [7, 11) is 0. The molecule has 1 fully saturated rings. The molecule has 192 valence electrons. The Morgan fingerprint density at radius 2 is 2.22 bits per heavy atom. The van der Waals surface area contributed by atoms with Gasteiger partial charge in [0.1, 0.15) is 18.4 Å². The van der Waals surface area contributed by atoms with Crippen molar-refractivity contribution in [2.45, 2.75) is 69.5 Å². The number of fused-ring (bicyclic) bond motifs is 1. The normalized spacial score (nSPS) is 27.2. The zero-order valence-electron chi connectivity index (χ0n) is 19.7. The number of allylic oxidation sites excluding steroid dienone is 4. The Morgan fingerprint density at radius 3 is 2.92 bits per heavy atom. The lowest BCUT2D eigenvalue weighted by Gasteiger charge is -2.38. The first-order valence-corrected chi connectivity index (χ1v) is 11.7. The van der Waals surface area contributed by atoms with Crippen molar-refractivity contribution in [2.75, 3.05) is 6.67 Å². The van der Waals surface area contributed by atoms with Crippen LogP contribution in [-0.4, -0.2) is 52.0 Å². The van der Waals surface area contributed by atoms with E-state index in [1.807, 2.05) is 25.1 Å². The molecule has 0 aromatic carbocycles. The Hall–Kier alpha value is -3.46. The van der Waals surface area contributed by atoms with Gasteiger partial charge in [0, 0.05) is 18.2 Å². The molecule has 2 heterocycles. The lowest BCUT2D eigenvalue weighted by molar-refractivity contribution is -0.0975. The average Bonchev–Trinajstić information content (AvgIpc) is 3.22. The van der Waals surface area contributed by atoms with Gasteiger partial charge in [-0.2, -0.15) is 23.5 Å². The van der Waals surface area contributed by atoms with Gasteiger partial charge in [0.15, 0.2) is 5.69 Å². The van der Waals surface area contributed by atoms with Gasteiger partial charge in [0.2, 0.25) is 0 Å². The van der Waals surface area contributed by atoms with Crippen LogP contribution < -0.4 is 16.4 Å². The monoisotopic (exact) mass is 505 g/mol. The number of nitrogens with one attached hydrogen (secondary N) is 2. The van der Waals surface area contributed by atoms with Crippen molar-refractivity contribution in [3.05, 3.63) is 52.5 Å². The topological polar surface area (TPSA) is 121 Å². The summed E-state index contributed by atoms with van der Waals surface area (Å²) in [6, 6.07) is 0.882. The van der Waals surface area contributed by atoms with Gasteiger partial charge in [-0.3, -0.25) is 14.5 Å². The molecule has 4 N–H and O–H groups in total. The fourth-order valence-corrected chi connectivity index (χ4v) is 4.81. The van der Waals surface area contributed by atoms with Crippen LogP contribution in [-0.2, 0) is 6.54 Å². The van der Waals surface area contributed by atoms with Gasteiger partial charge >= 0.3 is 6.18 Å². The molecule has 1 aromatic rings. The molecule has 1 saturated carbocycles. The number of nitrogens with two attached hydrogens (primary N) is 1. The van der Waals surface area contributed by atoms with Crippen LogP contribution in [0.1, 0.15) is 55.1 Å². The summed E-state index contributed by atoms with van der Waals surface area (Å²) in [5.74, 6) is -0.621. The number of nitrogens with zero attached hydrogens (tertiary/aromatic N) is 4. The molecule has 2 unspecified atom stereocenters. The van der Waals surface area contributed by atoms with Crippen molar-refractivity contribution in [3.8, 4) is 6.07 Å². The van der Waals surface area contributed by atoms with Crippen molar-refractivity contribution < 1.29 is 22.4 Å². The Morgan fingerprint density at radius 1 is 1.44 bits per heavy atom. The molecule has 3 atom stereocenters. The zero-order chi connectivity index (χ0) is 26.1. The molecule has 12 heteroatoms. The number of hydrogen-bond donors (Lipinski definition) is 3. The Labute approximate surface area is 205 Å². The molecule has 2 aliphatic carbocycles. The predicted molar refractivity (Wildman–Crippen MR) is 125 cm³/mol. The van der Waals surface area contributed by atoms with Crippen LogP contribution >= 0.6 is 0 Å². The van der Waals surface area contributed by atoms with E-state index in [9.17, 15) is 27.6 Å². The minimum Gasteiger partial charge on any atom is -0.374 e. The highest BCUT2D eigenvalue weighted by molar-refractivity contribution is 6.11. The lowest BCUT2D eigenvalue weighted by atomic mass is 9.84. The molecule has 1 aromatic heterocycles. The quantitative estimate of drug-likeness (QED) is 0.419. The number of carbonyl (C=O) groups is 1. The summed E-state index contributed by atoms with van der Waals surface area (Å²) < 4.78 is 54.4.